The number of pyridine rings is 1. The van der Waals surface area contributed by atoms with Crippen LogP contribution >= 0.6 is 0 Å². The fourth-order valence-corrected chi connectivity index (χ4v) is 2.62. The molecule has 2 aromatic heterocycles. The van der Waals surface area contributed by atoms with Gasteiger partial charge in [0, 0.05) is 30.9 Å². The van der Waals surface area contributed by atoms with Gasteiger partial charge in [-0.15, -0.1) is 0 Å². The van der Waals surface area contributed by atoms with Gasteiger partial charge >= 0.3 is 0 Å². The molecule has 0 saturated heterocycles. The maximum absolute atomic E-state index is 12.3. The molecule has 0 unspecified atom stereocenters. The molecule has 130 valence electrons. The van der Waals surface area contributed by atoms with Crippen molar-refractivity contribution in [3.63, 3.8) is 0 Å². The van der Waals surface area contributed by atoms with Crippen LogP contribution in [0.1, 0.15) is 23.0 Å². The zero-order chi connectivity index (χ0) is 17.6. The highest BCUT2D eigenvalue weighted by Gasteiger charge is 2.09. The number of methoxy groups -OCH3 is 1. The molecule has 0 atom stereocenters. The molecule has 0 fully saturated rings. The second-order valence-corrected chi connectivity index (χ2v) is 5.51. The summed E-state index contributed by atoms with van der Waals surface area (Å²) in [5, 5.41) is 2.91. The second-order valence-electron chi connectivity index (χ2n) is 5.51. The lowest BCUT2D eigenvalue weighted by Crippen LogP contribution is -2.25. The molecule has 0 aliphatic carbocycles. The lowest BCUT2D eigenvalue weighted by molar-refractivity contribution is 0.0953. The molecule has 0 spiro atoms. The topological polar surface area (TPSA) is 64.9 Å². The van der Waals surface area contributed by atoms with Gasteiger partial charge in [-0.2, -0.15) is 0 Å². The fraction of sp³-hybridized carbons (Fsp3) is 0.263. The summed E-state index contributed by atoms with van der Waals surface area (Å²) < 4.78 is 12.6. The number of carbonyl (C=O) groups is 1. The molecular formula is C19H21N3O3. The summed E-state index contributed by atoms with van der Waals surface area (Å²) in [4.78, 5) is 16.8. The highest BCUT2D eigenvalue weighted by Crippen LogP contribution is 2.18. The summed E-state index contributed by atoms with van der Waals surface area (Å²) in [5.41, 5.74) is 2.26. The predicted octanol–water partition coefficient (Wildman–Crippen LogP) is 2.71. The summed E-state index contributed by atoms with van der Waals surface area (Å²) in [5.74, 6) is 1.30. The molecule has 1 aromatic carbocycles. The minimum atomic E-state index is -0.122. The molecule has 3 aromatic rings. The van der Waals surface area contributed by atoms with E-state index < -0.39 is 0 Å². The lowest BCUT2D eigenvalue weighted by Gasteiger charge is -2.07. The van der Waals surface area contributed by atoms with E-state index >= 15 is 0 Å². The Morgan fingerprint density at radius 3 is 2.96 bits per heavy atom. The zero-order valence-corrected chi connectivity index (χ0v) is 14.4. The summed E-state index contributed by atoms with van der Waals surface area (Å²) in [6, 6.07) is 10.9. The SMILES string of the molecule is CCOc1cccc(C(=O)NCCc2cn3cccc(OC)c3n2)c1. The molecule has 0 saturated carbocycles. The highest BCUT2D eigenvalue weighted by molar-refractivity contribution is 5.94. The van der Waals surface area contributed by atoms with E-state index in [1.54, 1.807) is 19.2 Å². The Balaban J connectivity index is 1.61. The van der Waals surface area contributed by atoms with Gasteiger partial charge in [-0.05, 0) is 37.3 Å². The molecule has 0 aliphatic heterocycles. The smallest absolute Gasteiger partial charge is 0.251 e. The lowest BCUT2D eigenvalue weighted by atomic mass is 10.2. The third kappa shape index (κ3) is 3.91. The normalized spacial score (nSPS) is 10.6. The minimum Gasteiger partial charge on any atom is -0.494 e. The largest absolute Gasteiger partial charge is 0.494 e. The van der Waals surface area contributed by atoms with Crippen LogP contribution in [0.3, 0.4) is 0 Å². The van der Waals surface area contributed by atoms with E-state index in [2.05, 4.69) is 10.3 Å². The first-order valence-corrected chi connectivity index (χ1v) is 8.23. The van der Waals surface area contributed by atoms with Gasteiger partial charge in [-0.3, -0.25) is 4.79 Å². The second kappa shape index (κ2) is 7.70. The minimum absolute atomic E-state index is 0.122. The third-order valence-corrected chi connectivity index (χ3v) is 3.79. The van der Waals surface area contributed by atoms with Gasteiger partial charge in [0.05, 0.1) is 19.4 Å². The number of nitrogens with zero attached hydrogens (tertiary/aromatic N) is 2. The first-order chi connectivity index (χ1) is 12.2. The number of imidazole rings is 1. The summed E-state index contributed by atoms with van der Waals surface area (Å²) >= 11 is 0. The summed E-state index contributed by atoms with van der Waals surface area (Å²) in [7, 11) is 1.63. The number of ether oxygens (including phenoxy) is 2. The van der Waals surface area contributed by atoms with Crippen LogP contribution in [-0.2, 0) is 6.42 Å². The van der Waals surface area contributed by atoms with Crippen molar-refractivity contribution in [2.24, 2.45) is 0 Å². The van der Waals surface area contributed by atoms with Crippen molar-refractivity contribution in [3.8, 4) is 11.5 Å². The number of aromatic nitrogens is 2. The van der Waals surface area contributed by atoms with Crippen molar-refractivity contribution in [2.75, 3.05) is 20.3 Å². The van der Waals surface area contributed by atoms with Crippen LogP contribution in [0.2, 0.25) is 0 Å². The third-order valence-electron chi connectivity index (χ3n) is 3.79. The van der Waals surface area contributed by atoms with Crippen LogP contribution in [-0.4, -0.2) is 35.6 Å². The predicted molar refractivity (Wildman–Crippen MR) is 95.4 cm³/mol. The van der Waals surface area contributed by atoms with E-state index in [-0.39, 0.29) is 5.91 Å². The number of fused-ring (bicyclic) bond motifs is 1. The molecule has 1 amide bonds. The number of rotatable bonds is 7. The van der Waals surface area contributed by atoms with E-state index in [1.165, 1.54) is 0 Å². The van der Waals surface area contributed by atoms with Crippen LogP contribution in [0.4, 0.5) is 0 Å². The Hall–Kier alpha value is -3.02. The summed E-state index contributed by atoms with van der Waals surface area (Å²) in [6.07, 6.45) is 4.51. The number of carbonyl (C=O) groups excluding carboxylic acids is 1. The highest BCUT2D eigenvalue weighted by atomic mass is 16.5. The van der Waals surface area contributed by atoms with Crippen molar-refractivity contribution in [1.29, 1.82) is 0 Å². The fourth-order valence-electron chi connectivity index (χ4n) is 2.62. The molecular weight excluding hydrogens is 318 g/mol. The standard InChI is InChI=1S/C19H21N3O3/c1-3-25-16-7-4-6-14(12-16)19(23)20-10-9-15-13-22-11-5-8-17(24-2)18(22)21-15/h4-8,11-13H,3,9-10H2,1-2H3,(H,20,23). The molecule has 6 nitrogen and oxygen atoms in total. The van der Waals surface area contributed by atoms with E-state index in [0.717, 1.165) is 17.1 Å². The first kappa shape index (κ1) is 16.8. The van der Waals surface area contributed by atoms with Crippen molar-refractivity contribution in [3.05, 3.63) is 60.0 Å². The van der Waals surface area contributed by atoms with Crippen molar-refractivity contribution in [1.82, 2.24) is 14.7 Å². The Morgan fingerprint density at radius 2 is 2.16 bits per heavy atom. The van der Waals surface area contributed by atoms with Gasteiger partial charge in [0.2, 0.25) is 0 Å². The van der Waals surface area contributed by atoms with Crippen LogP contribution in [0, 0.1) is 0 Å². The molecule has 0 bridgehead atoms. The average molecular weight is 339 g/mol. The maximum atomic E-state index is 12.3. The molecule has 25 heavy (non-hydrogen) atoms. The maximum Gasteiger partial charge on any atom is 0.251 e. The van der Waals surface area contributed by atoms with Gasteiger partial charge in [0.25, 0.3) is 5.91 Å². The van der Waals surface area contributed by atoms with Crippen LogP contribution < -0.4 is 14.8 Å². The Labute approximate surface area is 146 Å². The van der Waals surface area contributed by atoms with Gasteiger partial charge in [-0.1, -0.05) is 6.07 Å². The quantitative estimate of drug-likeness (QED) is 0.719. The number of nitrogens with one attached hydrogen (secondary N) is 1. The monoisotopic (exact) mass is 339 g/mol. The molecule has 3 rings (SSSR count). The Morgan fingerprint density at radius 1 is 1.28 bits per heavy atom. The van der Waals surface area contributed by atoms with Crippen molar-refractivity contribution < 1.29 is 14.3 Å². The van der Waals surface area contributed by atoms with Gasteiger partial charge in [-0.25, -0.2) is 4.98 Å². The average Bonchev–Trinajstić information content (AvgIpc) is 3.05. The number of amides is 1. The Kier molecular flexibility index (Phi) is 5.18. The van der Waals surface area contributed by atoms with E-state index in [1.807, 2.05) is 48.0 Å². The first-order valence-electron chi connectivity index (χ1n) is 8.23. The number of benzene rings is 1. The van der Waals surface area contributed by atoms with E-state index in [9.17, 15) is 4.79 Å². The molecule has 6 heteroatoms. The molecule has 0 aliphatic rings. The van der Waals surface area contributed by atoms with Crippen LogP contribution in [0.25, 0.3) is 5.65 Å². The number of hydrogen-bond donors (Lipinski definition) is 1. The van der Waals surface area contributed by atoms with Crippen LogP contribution in [0.15, 0.2) is 48.8 Å². The van der Waals surface area contributed by atoms with Gasteiger partial charge in [0.15, 0.2) is 11.4 Å². The number of hydrogen-bond acceptors (Lipinski definition) is 4. The van der Waals surface area contributed by atoms with E-state index in [4.69, 9.17) is 9.47 Å². The molecule has 2 heterocycles. The Bertz CT molecular complexity index is 873. The van der Waals surface area contributed by atoms with Crippen molar-refractivity contribution in [2.45, 2.75) is 13.3 Å². The molecule has 1 N–H and O–H groups in total. The van der Waals surface area contributed by atoms with Crippen molar-refractivity contribution >= 4 is 11.6 Å². The summed E-state index contributed by atoms with van der Waals surface area (Å²) in [6.45, 7) is 2.99. The van der Waals surface area contributed by atoms with Crippen LogP contribution in [0.5, 0.6) is 11.5 Å². The van der Waals surface area contributed by atoms with Gasteiger partial charge in [0.1, 0.15) is 5.75 Å². The van der Waals surface area contributed by atoms with Gasteiger partial charge < -0.3 is 19.2 Å². The zero-order valence-electron chi connectivity index (χ0n) is 14.4. The molecule has 0 radical (unpaired) electrons. The van der Waals surface area contributed by atoms with E-state index in [0.29, 0.717) is 30.9 Å².